The number of piperidine rings is 1. The Morgan fingerprint density at radius 2 is 1.91 bits per heavy atom. The summed E-state index contributed by atoms with van der Waals surface area (Å²) in [5.41, 5.74) is 1.67. The zero-order chi connectivity index (χ0) is 15.2. The molecule has 0 aliphatic carbocycles. The summed E-state index contributed by atoms with van der Waals surface area (Å²) >= 11 is 0. The summed E-state index contributed by atoms with van der Waals surface area (Å²) in [4.78, 5) is 0. The van der Waals surface area contributed by atoms with Gasteiger partial charge in [0.25, 0.3) is 0 Å². The number of furan rings is 1. The molecule has 0 bridgehead atoms. The molecule has 0 spiro atoms. The van der Waals surface area contributed by atoms with Crippen molar-refractivity contribution < 1.29 is 4.42 Å². The van der Waals surface area contributed by atoms with Crippen molar-refractivity contribution in [1.29, 1.82) is 5.26 Å². The second-order valence-corrected chi connectivity index (χ2v) is 5.78. The second-order valence-electron chi connectivity index (χ2n) is 5.78. The quantitative estimate of drug-likeness (QED) is 0.890. The second kappa shape index (κ2) is 7.26. The number of hydrogen-bond donors (Lipinski definition) is 2. The predicted molar refractivity (Wildman–Crippen MR) is 86.2 cm³/mol. The molecule has 22 heavy (non-hydrogen) atoms. The van der Waals surface area contributed by atoms with Gasteiger partial charge in [0, 0.05) is 5.56 Å². The largest absolute Gasteiger partial charge is 0.460 e. The number of rotatable bonds is 5. The van der Waals surface area contributed by atoms with Gasteiger partial charge in [-0.3, -0.25) is 0 Å². The molecule has 1 aromatic carbocycles. The monoisotopic (exact) mass is 295 g/mol. The number of nitrogens with zero attached hydrogens (tertiary/aromatic N) is 1. The van der Waals surface area contributed by atoms with Crippen LogP contribution >= 0.6 is 0 Å². The lowest BCUT2D eigenvalue weighted by Gasteiger charge is -2.22. The highest BCUT2D eigenvalue weighted by atomic mass is 16.3. The first-order chi connectivity index (χ1) is 10.8. The van der Waals surface area contributed by atoms with E-state index in [9.17, 15) is 0 Å². The molecule has 0 unspecified atom stereocenters. The van der Waals surface area contributed by atoms with Crippen LogP contribution in [0, 0.1) is 17.2 Å². The van der Waals surface area contributed by atoms with E-state index in [1.807, 2.05) is 36.4 Å². The molecular formula is C18H21N3O. The van der Waals surface area contributed by atoms with Crippen LogP contribution in [0.25, 0.3) is 11.3 Å². The Morgan fingerprint density at radius 1 is 1.14 bits per heavy atom. The molecule has 0 atom stereocenters. The van der Waals surface area contributed by atoms with Gasteiger partial charge in [-0.15, -0.1) is 0 Å². The Morgan fingerprint density at radius 3 is 2.64 bits per heavy atom. The van der Waals surface area contributed by atoms with Crippen molar-refractivity contribution in [3.8, 4) is 17.4 Å². The lowest BCUT2D eigenvalue weighted by Crippen LogP contribution is -2.33. The van der Waals surface area contributed by atoms with E-state index in [0.717, 1.165) is 49.2 Å². The number of nitriles is 1. The van der Waals surface area contributed by atoms with Crippen molar-refractivity contribution in [3.63, 3.8) is 0 Å². The highest BCUT2D eigenvalue weighted by molar-refractivity contribution is 5.58. The molecule has 0 radical (unpaired) electrons. The first kappa shape index (κ1) is 14.8. The standard InChI is InChI=1S/C18H21N3O/c19-11-14-1-3-16(4-2-14)18-6-5-17(22-18)13-21-12-15-7-9-20-10-8-15/h1-6,15,20-21H,7-10,12-13H2. The summed E-state index contributed by atoms with van der Waals surface area (Å²) < 4.78 is 5.87. The van der Waals surface area contributed by atoms with Crippen LogP contribution in [0.1, 0.15) is 24.2 Å². The molecular weight excluding hydrogens is 274 g/mol. The normalized spacial score (nSPS) is 15.6. The van der Waals surface area contributed by atoms with E-state index in [1.165, 1.54) is 12.8 Å². The predicted octanol–water partition coefficient (Wildman–Crippen LogP) is 2.91. The van der Waals surface area contributed by atoms with E-state index in [-0.39, 0.29) is 0 Å². The van der Waals surface area contributed by atoms with Gasteiger partial charge in [-0.2, -0.15) is 5.26 Å². The highest BCUT2D eigenvalue weighted by Crippen LogP contribution is 2.22. The van der Waals surface area contributed by atoms with Crippen LogP contribution in [0.2, 0.25) is 0 Å². The molecule has 2 heterocycles. The van der Waals surface area contributed by atoms with Crippen molar-refractivity contribution >= 4 is 0 Å². The number of hydrogen-bond acceptors (Lipinski definition) is 4. The molecule has 1 fully saturated rings. The van der Waals surface area contributed by atoms with E-state index >= 15 is 0 Å². The first-order valence-corrected chi connectivity index (χ1v) is 7.86. The molecule has 3 rings (SSSR count). The molecule has 1 aromatic heterocycles. The molecule has 114 valence electrons. The van der Waals surface area contributed by atoms with Gasteiger partial charge in [0.05, 0.1) is 18.2 Å². The molecule has 1 aliphatic rings. The van der Waals surface area contributed by atoms with Crippen LogP contribution in [0.4, 0.5) is 0 Å². The van der Waals surface area contributed by atoms with Crippen LogP contribution < -0.4 is 10.6 Å². The third kappa shape index (κ3) is 3.76. The van der Waals surface area contributed by atoms with Crippen molar-refractivity contribution in [1.82, 2.24) is 10.6 Å². The Hall–Kier alpha value is -2.09. The van der Waals surface area contributed by atoms with Gasteiger partial charge in [-0.1, -0.05) is 0 Å². The molecule has 4 nitrogen and oxygen atoms in total. The fraction of sp³-hybridized carbons (Fsp3) is 0.389. The van der Waals surface area contributed by atoms with Crippen molar-refractivity contribution in [2.45, 2.75) is 19.4 Å². The molecule has 2 aromatic rings. The van der Waals surface area contributed by atoms with Gasteiger partial charge in [-0.05, 0) is 74.8 Å². The number of benzene rings is 1. The molecule has 1 aliphatic heterocycles. The topological polar surface area (TPSA) is 61.0 Å². The maximum absolute atomic E-state index is 8.82. The van der Waals surface area contributed by atoms with Crippen LogP contribution in [0.15, 0.2) is 40.8 Å². The van der Waals surface area contributed by atoms with E-state index < -0.39 is 0 Å². The fourth-order valence-corrected chi connectivity index (χ4v) is 2.82. The fourth-order valence-electron chi connectivity index (χ4n) is 2.82. The van der Waals surface area contributed by atoms with Gasteiger partial charge in [0.2, 0.25) is 0 Å². The molecule has 2 N–H and O–H groups in total. The minimum atomic E-state index is 0.666. The van der Waals surface area contributed by atoms with Crippen LogP contribution in [0.5, 0.6) is 0 Å². The average Bonchev–Trinajstić information content (AvgIpc) is 3.05. The van der Waals surface area contributed by atoms with E-state index in [1.54, 1.807) is 0 Å². The van der Waals surface area contributed by atoms with Crippen molar-refractivity contribution in [2.24, 2.45) is 5.92 Å². The smallest absolute Gasteiger partial charge is 0.134 e. The summed E-state index contributed by atoms with van der Waals surface area (Å²) in [5, 5.41) is 15.7. The zero-order valence-corrected chi connectivity index (χ0v) is 12.6. The summed E-state index contributed by atoms with van der Waals surface area (Å²) in [7, 11) is 0. The van der Waals surface area contributed by atoms with Crippen LogP contribution in [0.3, 0.4) is 0 Å². The summed E-state index contributed by atoms with van der Waals surface area (Å²) in [5.74, 6) is 2.57. The van der Waals surface area contributed by atoms with Crippen LogP contribution in [-0.2, 0) is 6.54 Å². The Labute approximate surface area is 131 Å². The van der Waals surface area contributed by atoms with Crippen molar-refractivity contribution in [2.75, 3.05) is 19.6 Å². The molecule has 1 saturated heterocycles. The molecule has 4 heteroatoms. The van der Waals surface area contributed by atoms with Gasteiger partial charge in [0.1, 0.15) is 11.5 Å². The third-order valence-electron chi connectivity index (χ3n) is 4.15. The highest BCUT2D eigenvalue weighted by Gasteiger charge is 2.12. The van der Waals surface area contributed by atoms with E-state index in [0.29, 0.717) is 5.56 Å². The zero-order valence-electron chi connectivity index (χ0n) is 12.6. The summed E-state index contributed by atoms with van der Waals surface area (Å²) in [6.07, 6.45) is 2.50. The average molecular weight is 295 g/mol. The molecule has 0 saturated carbocycles. The van der Waals surface area contributed by atoms with Gasteiger partial charge >= 0.3 is 0 Å². The third-order valence-corrected chi connectivity index (χ3v) is 4.15. The van der Waals surface area contributed by atoms with E-state index in [2.05, 4.69) is 16.7 Å². The Kier molecular flexibility index (Phi) is 4.89. The van der Waals surface area contributed by atoms with Gasteiger partial charge in [-0.25, -0.2) is 0 Å². The minimum Gasteiger partial charge on any atom is -0.460 e. The van der Waals surface area contributed by atoms with Crippen LogP contribution in [-0.4, -0.2) is 19.6 Å². The number of nitrogens with one attached hydrogen (secondary N) is 2. The maximum Gasteiger partial charge on any atom is 0.134 e. The van der Waals surface area contributed by atoms with Crippen molar-refractivity contribution in [3.05, 3.63) is 47.7 Å². The summed E-state index contributed by atoms with van der Waals surface area (Å²) in [6, 6.07) is 13.6. The molecule has 0 amide bonds. The Balaban J connectivity index is 1.53. The SMILES string of the molecule is N#Cc1ccc(-c2ccc(CNCC3CCNCC3)o2)cc1. The lowest BCUT2D eigenvalue weighted by atomic mass is 9.98. The lowest BCUT2D eigenvalue weighted by molar-refractivity contribution is 0.350. The summed E-state index contributed by atoms with van der Waals surface area (Å²) in [6.45, 7) is 4.08. The van der Waals surface area contributed by atoms with Gasteiger partial charge in [0.15, 0.2) is 0 Å². The maximum atomic E-state index is 8.82. The first-order valence-electron chi connectivity index (χ1n) is 7.86. The van der Waals surface area contributed by atoms with E-state index in [4.69, 9.17) is 9.68 Å². The minimum absolute atomic E-state index is 0.666. The van der Waals surface area contributed by atoms with Gasteiger partial charge < -0.3 is 15.1 Å². The Bertz CT molecular complexity index is 633.